The molecule has 0 amide bonds. The molecule has 0 aliphatic carbocycles. The molecule has 0 unspecified atom stereocenters. The topological polar surface area (TPSA) is 88.8 Å². The number of ether oxygens (including phenoxy) is 2. The van der Waals surface area contributed by atoms with E-state index in [1.165, 1.54) is 43.7 Å². The average molecular weight is 519 g/mol. The normalized spacial score (nSPS) is 13.2. The van der Waals surface area contributed by atoms with Crippen LogP contribution in [0.3, 0.4) is 0 Å². The quantitative estimate of drug-likeness (QED) is 0.261. The molecule has 2 aromatic carbocycles. The molecule has 0 atom stereocenters. The van der Waals surface area contributed by atoms with Crippen LogP contribution in [0, 0.1) is 11.6 Å². The maximum absolute atomic E-state index is 14.2. The Morgan fingerprint density at radius 1 is 1.11 bits per heavy atom. The van der Waals surface area contributed by atoms with Gasteiger partial charge >= 0.3 is 6.18 Å². The smallest absolute Gasteiger partial charge is 0.417 e. The molecule has 8 nitrogen and oxygen atoms in total. The highest BCUT2D eigenvalue weighted by molar-refractivity contribution is 5.80. The lowest BCUT2D eigenvalue weighted by atomic mass is 10.0. The zero-order valence-corrected chi connectivity index (χ0v) is 19.1. The summed E-state index contributed by atoms with van der Waals surface area (Å²) in [6.45, 7) is 0.0714. The molecule has 0 bridgehead atoms. The van der Waals surface area contributed by atoms with Crippen molar-refractivity contribution in [3.05, 3.63) is 76.8 Å². The Morgan fingerprint density at radius 3 is 2.73 bits per heavy atom. The number of fused-ring (bicyclic) bond motifs is 1. The number of hydrogen-bond donors (Lipinski definition) is 1. The SMILES string of the molecule is COCOc1ccc(-c2cc(CN3Cc4nc(-c5cccc(F)c5F)[nH]c4C=N3)on2)c(C(F)(F)F)c1. The van der Waals surface area contributed by atoms with Gasteiger partial charge in [-0.3, -0.25) is 5.01 Å². The van der Waals surface area contributed by atoms with Gasteiger partial charge in [0.25, 0.3) is 0 Å². The van der Waals surface area contributed by atoms with Crippen LogP contribution in [0.15, 0.2) is 52.1 Å². The maximum Gasteiger partial charge on any atom is 0.417 e. The predicted molar refractivity (Wildman–Crippen MR) is 120 cm³/mol. The summed E-state index contributed by atoms with van der Waals surface area (Å²) in [6, 6.07) is 8.68. The summed E-state index contributed by atoms with van der Waals surface area (Å²) in [4.78, 5) is 7.26. The largest absolute Gasteiger partial charge is 0.468 e. The second-order valence-corrected chi connectivity index (χ2v) is 8.05. The van der Waals surface area contributed by atoms with Gasteiger partial charge in [-0.25, -0.2) is 13.8 Å². The molecule has 1 N–H and O–H groups in total. The minimum absolute atomic E-state index is 0.00315. The van der Waals surface area contributed by atoms with E-state index in [0.29, 0.717) is 11.4 Å². The molecule has 2 aromatic heterocycles. The first-order valence-corrected chi connectivity index (χ1v) is 10.8. The minimum atomic E-state index is -4.66. The van der Waals surface area contributed by atoms with Crippen molar-refractivity contribution in [2.45, 2.75) is 19.3 Å². The van der Waals surface area contributed by atoms with Crippen LogP contribution in [-0.2, 0) is 24.0 Å². The first-order chi connectivity index (χ1) is 17.7. The number of nitrogens with zero attached hydrogens (tertiary/aromatic N) is 4. The molecule has 37 heavy (non-hydrogen) atoms. The molecule has 0 radical (unpaired) electrons. The third-order valence-corrected chi connectivity index (χ3v) is 5.51. The lowest BCUT2D eigenvalue weighted by molar-refractivity contribution is -0.137. The number of aromatic nitrogens is 3. The van der Waals surface area contributed by atoms with Crippen molar-refractivity contribution >= 4 is 6.21 Å². The molecule has 192 valence electrons. The molecular formula is C24H18F5N5O3. The Morgan fingerprint density at radius 2 is 1.95 bits per heavy atom. The van der Waals surface area contributed by atoms with Gasteiger partial charge in [-0.1, -0.05) is 11.2 Å². The highest BCUT2D eigenvalue weighted by Gasteiger charge is 2.35. The van der Waals surface area contributed by atoms with Crippen LogP contribution in [0.1, 0.15) is 22.7 Å². The van der Waals surface area contributed by atoms with E-state index in [9.17, 15) is 22.0 Å². The van der Waals surface area contributed by atoms with E-state index >= 15 is 0 Å². The van der Waals surface area contributed by atoms with Crippen molar-refractivity contribution in [1.29, 1.82) is 0 Å². The molecule has 0 fully saturated rings. The van der Waals surface area contributed by atoms with Gasteiger partial charge < -0.3 is 19.0 Å². The first-order valence-electron chi connectivity index (χ1n) is 10.8. The molecule has 5 rings (SSSR count). The summed E-state index contributed by atoms with van der Waals surface area (Å²) in [7, 11) is 1.36. The monoisotopic (exact) mass is 519 g/mol. The Bertz CT molecular complexity index is 1460. The van der Waals surface area contributed by atoms with Gasteiger partial charge in [0.15, 0.2) is 24.2 Å². The number of methoxy groups -OCH3 is 1. The van der Waals surface area contributed by atoms with Crippen LogP contribution < -0.4 is 4.74 Å². The van der Waals surface area contributed by atoms with Gasteiger partial charge in [0.05, 0.1) is 41.8 Å². The average Bonchev–Trinajstić information content (AvgIpc) is 3.50. The van der Waals surface area contributed by atoms with E-state index in [0.717, 1.165) is 12.1 Å². The zero-order chi connectivity index (χ0) is 26.2. The summed E-state index contributed by atoms with van der Waals surface area (Å²) in [5.41, 5.74) is -0.0848. The van der Waals surface area contributed by atoms with Crippen LogP contribution in [0.2, 0.25) is 0 Å². The lowest BCUT2D eigenvalue weighted by Crippen LogP contribution is -2.21. The van der Waals surface area contributed by atoms with Crippen molar-refractivity contribution in [2.75, 3.05) is 13.9 Å². The van der Waals surface area contributed by atoms with Crippen LogP contribution in [-0.4, -0.2) is 40.3 Å². The number of rotatable bonds is 7. The first kappa shape index (κ1) is 24.4. The Hall–Kier alpha value is -4.26. The number of hydrazone groups is 1. The van der Waals surface area contributed by atoms with E-state index in [1.54, 1.807) is 5.01 Å². The number of aromatic amines is 1. The van der Waals surface area contributed by atoms with E-state index < -0.39 is 23.4 Å². The zero-order valence-electron chi connectivity index (χ0n) is 19.1. The van der Waals surface area contributed by atoms with E-state index in [-0.39, 0.29) is 54.0 Å². The molecule has 1 aliphatic rings. The van der Waals surface area contributed by atoms with Crippen LogP contribution in [0.5, 0.6) is 5.75 Å². The van der Waals surface area contributed by atoms with E-state index in [4.69, 9.17) is 14.0 Å². The van der Waals surface area contributed by atoms with Gasteiger partial charge in [0, 0.05) is 18.7 Å². The van der Waals surface area contributed by atoms with Gasteiger partial charge in [0.1, 0.15) is 17.3 Å². The molecule has 0 spiro atoms. The number of benzene rings is 2. The molecule has 13 heteroatoms. The predicted octanol–water partition coefficient (Wildman–Crippen LogP) is 5.36. The van der Waals surface area contributed by atoms with Crippen LogP contribution in [0.25, 0.3) is 22.6 Å². The number of alkyl halides is 3. The third kappa shape index (κ3) is 5.03. The van der Waals surface area contributed by atoms with Gasteiger partial charge in [0.2, 0.25) is 0 Å². The number of imidazole rings is 1. The van der Waals surface area contributed by atoms with Crippen molar-refractivity contribution in [3.63, 3.8) is 0 Å². The highest BCUT2D eigenvalue weighted by atomic mass is 19.4. The molecule has 3 heterocycles. The molecular weight excluding hydrogens is 501 g/mol. The van der Waals surface area contributed by atoms with Crippen molar-refractivity contribution in [3.8, 4) is 28.4 Å². The fourth-order valence-corrected chi connectivity index (χ4v) is 3.81. The fraction of sp³-hybridized carbons (Fsp3) is 0.208. The van der Waals surface area contributed by atoms with E-state index in [2.05, 4.69) is 20.2 Å². The Kier molecular flexibility index (Phi) is 6.38. The molecule has 1 aliphatic heterocycles. The van der Waals surface area contributed by atoms with Gasteiger partial charge in [-0.15, -0.1) is 0 Å². The molecule has 4 aromatic rings. The van der Waals surface area contributed by atoms with Crippen molar-refractivity contribution in [1.82, 2.24) is 20.1 Å². The summed E-state index contributed by atoms with van der Waals surface area (Å²) in [6.07, 6.45) is -3.20. The van der Waals surface area contributed by atoms with Crippen LogP contribution >= 0.6 is 0 Å². The number of hydrogen-bond acceptors (Lipinski definition) is 7. The number of H-pyrrole nitrogens is 1. The maximum atomic E-state index is 14.2. The molecule has 0 saturated carbocycles. The fourth-order valence-electron chi connectivity index (χ4n) is 3.81. The Labute approximate surface area is 206 Å². The summed E-state index contributed by atoms with van der Waals surface area (Å²) in [5, 5.41) is 9.62. The number of nitrogens with one attached hydrogen (secondary N) is 1. The summed E-state index contributed by atoms with van der Waals surface area (Å²) < 4.78 is 84.0. The Balaban J connectivity index is 1.33. The van der Waals surface area contributed by atoms with Crippen LogP contribution in [0.4, 0.5) is 22.0 Å². The number of halogens is 5. The summed E-state index contributed by atoms with van der Waals surface area (Å²) in [5.74, 6) is -1.61. The van der Waals surface area contributed by atoms with Crippen molar-refractivity contribution < 1.29 is 35.9 Å². The molecule has 0 saturated heterocycles. The third-order valence-electron chi connectivity index (χ3n) is 5.51. The second-order valence-electron chi connectivity index (χ2n) is 8.05. The van der Waals surface area contributed by atoms with Crippen molar-refractivity contribution in [2.24, 2.45) is 5.10 Å². The van der Waals surface area contributed by atoms with Gasteiger partial charge in [-0.2, -0.15) is 18.3 Å². The standard InChI is InChI=1S/C24H18F5N5O3/c1-35-12-36-13-5-6-15(17(7-13)24(27,28)29)19-8-14(37-33-19)10-34-11-21-20(9-30-34)31-23(32-21)16-3-2-4-18(25)22(16)26/h2-9H,10-12H2,1H3,(H,31,32). The highest BCUT2D eigenvalue weighted by Crippen LogP contribution is 2.39. The summed E-state index contributed by atoms with van der Waals surface area (Å²) >= 11 is 0. The second kappa shape index (κ2) is 9.65. The lowest BCUT2D eigenvalue weighted by Gasteiger charge is -2.19. The van der Waals surface area contributed by atoms with Gasteiger partial charge in [-0.05, 0) is 30.3 Å². The minimum Gasteiger partial charge on any atom is -0.468 e. The van der Waals surface area contributed by atoms with E-state index in [1.807, 2.05) is 0 Å².